The minimum absolute atomic E-state index is 0.0304. The highest BCUT2D eigenvalue weighted by Crippen LogP contribution is 2.26. The van der Waals surface area contributed by atoms with Gasteiger partial charge in [-0.15, -0.1) is 5.10 Å². The minimum atomic E-state index is -0.398. The molecular formula is C24H24F2N4O2. The predicted octanol–water partition coefficient (Wildman–Crippen LogP) is 4.39. The molecule has 32 heavy (non-hydrogen) atoms. The second kappa shape index (κ2) is 9.30. The predicted molar refractivity (Wildman–Crippen MR) is 117 cm³/mol. The quantitative estimate of drug-likeness (QED) is 0.621. The molecule has 2 N–H and O–H groups in total. The van der Waals surface area contributed by atoms with Crippen LogP contribution in [0.2, 0.25) is 0 Å². The highest BCUT2D eigenvalue weighted by molar-refractivity contribution is 5.94. The Bertz CT molecular complexity index is 1140. The third-order valence-corrected chi connectivity index (χ3v) is 5.79. The molecule has 1 aliphatic rings. The lowest BCUT2D eigenvalue weighted by atomic mass is 9.85. The number of nitrogens with zero attached hydrogens (tertiary/aromatic N) is 2. The Morgan fingerprint density at radius 1 is 1.00 bits per heavy atom. The number of aromatic nitrogens is 2. The zero-order valence-corrected chi connectivity index (χ0v) is 17.6. The average Bonchev–Trinajstić information content (AvgIpc) is 3.24. The van der Waals surface area contributed by atoms with Gasteiger partial charge in [0.2, 0.25) is 5.91 Å². The van der Waals surface area contributed by atoms with Gasteiger partial charge in [0.15, 0.2) is 5.82 Å². The van der Waals surface area contributed by atoms with Crippen molar-refractivity contribution < 1.29 is 18.4 Å². The van der Waals surface area contributed by atoms with E-state index in [9.17, 15) is 18.4 Å². The summed E-state index contributed by atoms with van der Waals surface area (Å²) in [4.78, 5) is 25.1. The molecule has 1 aliphatic carbocycles. The molecule has 2 amide bonds. The summed E-state index contributed by atoms with van der Waals surface area (Å²) in [5, 5.41) is 10.0. The van der Waals surface area contributed by atoms with E-state index in [4.69, 9.17) is 0 Å². The number of anilines is 1. The van der Waals surface area contributed by atoms with Crippen LogP contribution >= 0.6 is 0 Å². The molecule has 166 valence electrons. The van der Waals surface area contributed by atoms with Crippen LogP contribution in [0.5, 0.6) is 0 Å². The normalized spacial score (nSPS) is 18.2. The van der Waals surface area contributed by atoms with Crippen molar-refractivity contribution in [3.63, 3.8) is 0 Å². The molecule has 0 atom stereocenters. The molecule has 3 aromatic rings. The third kappa shape index (κ3) is 4.85. The second-order valence-electron chi connectivity index (χ2n) is 8.07. The Kier molecular flexibility index (Phi) is 6.30. The van der Waals surface area contributed by atoms with Gasteiger partial charge >= 0.3 is 0 Å². The molecule has 4 rings (SSSR count). The van der Waals surface area contributed by atoms with E-state index >= 15 is 0 Å². The van der Waals surface area contributed by atoms with Crippen molar-refractivity contribution in [3.8, 4) is 5.69 Å². The van der Waals surface area contributed by atoms with Crippen molar-refractivity contribution in [1.82, 2.24) is 15.1 Å². The second-order valence-corrected chi connectivity index (χ2v) is 8.07. The number of rotatable bonds is 5. The van der Waals surface area contributed by atoms with Crippen LogP contribution in [0.3, 0.4) is 0 Å². The molecule has 0 aliphatic heterocycles. The van der Waals surface area contributed by atoms with Crippen molar-refractivity contribution in [2.24, 2.45) is 5.92 Å². The molecule has 1 aromatic heterocycles. The Labute approximate surface area is 184 Å². The molecular weight excluding hydrogens is 414 g/mol. The van der Waals surface area contributed by atoms with Gasteiger partial charge in [0, 0.05) is 29.8 Å². The molecule has 8 heteroatoms. The molecule has 2 aromatic carbocycles. The van der Waals surface area contributed by atoms with Crippen molar-refractivity contribution in [1.29, 1.82) is 0 Å². The molecule has 0 radical (unpaired) electrons. The summed E-state index contributed by atoms with van der Waals surface area (Å²) in [7, 11) is 0. The van der Waals surface area contributed by atoms with Crippen LogP contribution in [0.15, 0.2) is 54.7 Å². The van der Waals surface area contributed by atoms with Crippen LogP contribution in [0.25, 0.3) is 5.69 Å². The summed E-state index contributed by atoms with van der Waals surface area (Å²) < 4.78 is 28.7. The minimum Gasteiger partial charge on any atom is -0.349 e. The van der Waals surface area contributed by atoms with Gasteiger partial charge in [-0.3, -0.25) is 9.59 Å². The first kappa shape index (κ1) is 21.7. The van der Waals surface area contributed by atoms with E-state index in [2.05, 4.69) is 15.7 Å². The van der Waals surface area contributed by atoms with Crippen molar-refractivity contribution in [2.75, 3.05) is 5.32 Å². The monoisotopic (exact) mass is 438 g/mol. The van der Waals surface area contributed by atoms with Crippen LogP contribution in [0.4, 0.5) is 14.6 Å². The van der Waals surface area contributed by atoms with Gasteiger partial charge in [0.25, 0.3) is 5.91 Å². The number of halogens is 2. The van der Waals surface area contributed by atoms with Crippen LogP contribution in [-0.2, 0) is 4.79 Å². The average molecular weight is 438 g/mol. The van der Waals surface area contributed by atoms with E-state index in [1.165, 1.54) is 28.9 Å². The number of aryl methyl sites for hydroxylation is 1. The molecule has 0 unspecified atom stereocenters. The number of carbonyl (C=O) groups is 2. The molecule has 0 bridgehead atoms. The zero-order valence-electron chi connectivity index (χ0n) is 17.6. The van der Waals surface area contributed by atoms with E-state index in [1.54, 1.807) is 37.4 Å². The van der Waals surface area contributed by atoms with E-state index in [-0.39, 0.29) is 29.6 Å². The number of amides is 2. The maximum absolute atomic E-state index is 13.9. The van der Waals surface area contributed by atoms with Gasteiger partial charge in [-0.25, -0.2) is 13.5 Å². The number of hydrogen-bond donors (Lipinski definition) is 2. The maximum Gasteiger partial charge on any atom is 0.251 e. The van der Waals surface area contributed by atoms with E-state index < -0.39 is 5.82 Å². The topological polar surface area (TPSA) is 76.0 Å². The molecule has 6 nitrogen and oxygen atoms in total. The van der Waals surface area contributed by atoms with Crippen molar-refractivity contribution in [2.45, 2.75) is 38.6 Å². The number of carbonyl (C=O) groups excluding carboxylic acids is 2. The number of benzene rings is 2. The van der Waals surface area contributed by atoms with Gasteiger partial charge in [0.05, 0.1) is 0 Å². The van der Waals surface area contributed by atoms with Gasteiger partial charge in [-0.2, -0.15) is 0 Å². The highest BCUT2D eigenvalue weighted by Gasteiger charge is 2.28. The van der Waals surface area contributed by atoms with Crippen LogP contribution in [-0.4, -0.2) is 27.6 Å². The maximum atomic E-state index is 13.9. The fourth-order valence-electron chi connectivity index (χ4n) is 3.95. The van der Waals surface area contributed by atoms with Crippen molar-refractivity contribution >= 4 is 17.6 Å². The first-order valence-corrected chi connectivity index (χ1v) is 10.6. The summed E-state index contributed by atoms with van der Waals surface area (Å²) in [5.74, 6) is -0.936. The van der Waals surface area contributed by atoms with E-state index in [1.807, 2.05) is 0 Å². The number of hydrogen-bond acceptors (Lipinski definition) is 3. The van der Waals surface area contributed by atoms with E-state index in [0.717, 1.165) is 0 Å². The Morgan fingerprint density at radius 2 is 1.75 bits per heavy atom. The lowest BCUT2D eigenvalue weighted by molar-refractivity contribution is -0.120. The van der Waals surface area contributed by atoms with Gasteiger partial charge in [0.1, 0.15) is 17.3 Å². The summed E-state index contributed by atoms with van der Waals surface area (Å²) in [5.41, 5.74) is 1.16. The molecule has 0 spiro atoms. The summed E-state index contributed by atoms with van der Waals surface area (Å²) in [6.45, 7) is 1.62. The summed E-state index contributed by atoms with van der Waals surface area (Å²) in [6.07, 6.45) is 4.21. The lowest BCUT2D eigenvalue weighted by Crippen LogP contribution is -2.39. The van der Waals surface area contributed by atoms with Gasteiger partial charge < -0.3 is 10.6 Å². The SMILES string of the molecule is Cc1cc(C(=O)N[C@H]2CC[C@@H](C(=O)Nc3ccn(-c4ccccc4F)n3)CC2)ccc1F. The lowest BCUT2D eigenvalue weighted by Gasteiger charge is -2.28. The molecule has 1 heterocycles. The summed E-state index contributed by atoms with van der Waals surface area (Å²) in [6, 6.07) is 12.2. The number of para-hydroxylation sites is 1. The van der Waals surface area contributed by atoms with Crippen LogP contribution < -0.4 is 10.6 Å². The fourth-order valence-corrected chi connectivity index (χ4v) is 3.95. The first-order chi connectivity index (χ1) is 15.4. The molecule has 1 fully saturated rings. The first-order valence-electron chi connectivity index (χ1n) is 10.6. The molecule has 0 saturated heterocycles. The van der Waals surface area contributed by atoms with E-state index in [0.29, 0.717) is 48.3 Å². The van der Waals surface area contributed by atoms with Gasteiger partial charge in [-0.05, 0) is 68.5 Å². The van der Waals surface area contributed by atoms with Gasteiger partial charge in [-0.1, -0.05) is 12.1 Å². The number of nitrogens with one attached hydrogen (secondary N) is 2. The smallest absolute Gasteiger partial charge is 0.251 e. The highest BCUT2D eigenvalue weighted by atomic mass is 19.1. The van der Waals surface area contributed by atoms with Crippen LogP contribution in [0, 0.1) is 24.5 Å². The summed E-state index contributed by atoms with van der Waals surface area (Å²) >= 11 is 0. The van der Waals surface area contributed by atoms with Crippen molar-refractivity contribution in [3.05, 3.63) is 77.5 Å². The largest absolute Gasteiger partial charge is 0.349 e. The standard InChI is InChI=1S/C24H24F2N4O2/c1-15-14-17(8-11-19(15)25)24(32)27-18-9-6-16(7-10-18)23(31)28-22-12-13-30(29-22)21-5-3-2-4-20(21)26/h2-5,8,11-14,16,18H,6-7,9-10H2,1H3,(H,27,32)(H,28,29,31)/t16-,18+. The Hall–Kier alpha value is -3.55. The Balaban J connectivity index is 1.29. The third-order valence-electron chi connectivity index (χ3n) is 5.79. The van der Waals surface area contributed by atoms with Crippen LogP contribution in [0.1, 0.15) is 41.6 Å². The molecule has 1 saturated carbocycles. The zero-order chi connectivity index (χ0) is 22.7. The Morgan fingerprint density at radius 3 is 2.47 bits per heavy atom. The fraction of sp³-hybridized carbons (Fsp3) is 0.292.